The molecule has 1 aliphatic rings. The Bertz CT molecular complexity index is 691. The average molecular weight is 456 g/mol. The van der Waals surface area contributed by atoms with Crippen molar-refractivity contribution < 1.29 is 43.9 Å². The molecule has 5 N–H and O–H groups in total. The van der Waals surface area contributed by atoms with Gasteiger partial charge in [0.25, 0.3) is 5.91 Å². The van der Waals surface area contributed by atoms with Crippen LogP contribution in [0.2, 0.25) is 0 Å². The highest BCUT2D eigenvalue weighted by Gasteiger charge is 2.45. The first kappa shape index (κ1) is 26.1. The molecule has 0 aliphatic carbocycles. The van der Waals surface area contributed by atoms with Gasteiger partial charge in [-0.3, -0.25) is 9.59 Å². The molecule has 1 saturated heterocycles. The van der Waals surface area contributed by atoms with Crippen LogP contribution in [0.3, 0.4) is 0 Å². The summed E-state index contributed by atoms with van der Waals surface area (Å²) < 4.78 is 21.8. The molecule has 0 bridgehead atoms. The number of carbonyl (C=O) groups is 2. The summed E-state index contributed by atoms with van der Waals surface area (Å²) in [5.41, 5.74) is 0.589. The predicted octanol–water partition coefficient (Wildman–Crippen LogP) is -1.59. The summed E-state index contributed by atoms with van der Waals surface area (Å²) >= 11 is 0. The van der Waals surface area contributed by atoms with Gasteiger partial charge in [-0.05, 0) is 12.1 Å². The van der Waals surface area contributed by atoms with Gasteiger partial charge in [-0.25, -0.2) is 0 Å². The lowest BCUT2D eigenvalue weighted by atomic mass is 9.97. The molecule has 1 fully saturated rings. The van der Waals surface area contributed by atoms with Crippen LogP contribution in [0.1, 0.15) is 17.3 Å². The van der Waals surface area contributed by atoms with Crippen molar-refractivity contribution >= 4 is 11.8 Å². The highest BCUT2D eigenvalue weighted by molar-refractivity contribution is 5.94. The molecule has 0 spiro atoms. The fourth-order valence-corrected chi connectivity index (χ4v) is 3.09. The Morgan fingerprint density at radius 2 is 1.66 bits per heavy atom. The number of hydrogen-bond acceptors (Lipinski definition) is 9. The van der Waals surface area contributed by atoms with Gasteiger partial charge in [0, 0.05) is 19.0 Å². The van der Waals surface area contributed by atoms with Crippen molar-refractivity contribution in [2.45, 2.75) is 37.6 Å². The molecular weight excluding hydrogens is 424 g/mol. The normalized spacial score (nSPS) is 25.3. The van der Waals surface area contributed by atoms with Gasteiger partial charge in [-0.1, -0.05) is 18.2 Å². The van der Waals surface area contributed by atoms with E-state index in [9.17, 15) is 24.9 Å². The molecule has 0 radical (unpaired) electrons. The fraction of sp³-hybridized carbons (Fsp3) is 0.619. The number of nitrogens with one attached hydrogen (secondary N) is 2. The number of rotatable bonds is 13. The van der Waals surface area contributed by atoms with Crippen LogP contribution in [-0.2, 0) is 23.7 Å². The Hall–Kier alpha value is -2.12. The van der Waals surface area contributed by atoms with Gasteiger partial charge >= 0.3 is 0 Å². The predicted molar refractivity (Wildman–Crippen MR) is 112 cm³/mol. The topological polar surface area (TPSA) is 156 Å². The van der Waals surface area contributed by atoms with E-state index in [2.05, 4.69) is 10.6 Å². The minimum Gasteiger partial charge on any atom is -0.394 e. The molecule has 2 amide bonds. The molecule has 1 aliphatic heterocycles. The third-order valence-electron chi connectivity index (χ3n) is 4.70. The van der Waals surface area contributed by atoms with E-state index in [-0.39, 0.29) is 19.1 Å². The van der Waals surface area contributed by atoms with E-state index in [0.29, 0.717) is 31.9 Å². The Kier molecular flexibility index (Phi) is 11.5. The SMILES string of the molecule is CC(=O)NC1[C@H](OCCOCCOCCNC(=O)c2ccccc2)OC(CO)[C@H](O)[C@@H]1O. The largest absolute Gasteiger partial charge is 0.394 e. The smallest absolute Gasteiger partial charge is 0.251 e. The van der Waals surface area contributed by atoms with Crippen molar-refractivity contribution in [1.82, 2.24) is 10.6 Å². The van der Waals surface area contributed by atoms with E-state index < -0.39 is 43.2 Å². The molecule has 32 heavy (non-hydrogen) atoms. The number of aliphatic hydroxyl groups excluding tert-OH is 3. The second-order valence-corrected chi connectivity index (χ2v) is 7.15. The standard InChI is InChI=1S/C21H32N2O9/c1-14(25)23-17-19(27)18(26)16(13-24)32-21(17)31-12-11-30-10-9-29-8-7-22-20(28)15-5-3-2-4-6-15/h2-6,16-19,21,24,26-27H,7-13H2,1H3,(H,22,28)(H,23,25)/t16?,17?,18-,19+,21+/m0/s1. The third kappa shape index (κ3) is 8.43. The number of carbonyl (C=O) groups excluding carboxylic acids is 2. The molecule has 180 valence electrons. The van der Waals surface area contributed by atoms with E-state index in [0.717, 1.165) is 0 Å². The van der Waals surface area contributed by atoms with Crippen LogP contribution < -0.4 is 10.6 Å². The Labute approximate surface area is 186 Å². The number of aliphatic hydroxyl groups is 3. The summed E-state index contributed by atoms with van der Waals surface area (Å²) in [6, 6.07) is 7.91. The van der Waals surface area contributed by atoms with Crippen LogP contribution >= 0.6 is 0 Å². The minimum absolute atomic E-state index is 0.0921. The van der Waals surface area contributed by atoms with Crippen molar-refractivity contribution in [3.8, 4) is 0 Å². The highest BCUT2D eigenvalue weighted by atomic mass is 16.7. The zero-order chi connectivity index (χ0) is 23.3. The van der Waals surface area contributed by atoms with E-state index in [1.165, 1.54) is 6.92 Å². The molecular formula is C21H32N2O9. The molecule has 11 nitrogen and oxygen atoms in total. The van der Waals surface area contributed by atoms with Gasteiger partial charge in [-0.2, -0.15) is 0 Å². The van der Waals surface area contributed by atoms with Crippen molar-refractivity contribution in [2.75, 3.05) is 46.2 Å². The van der Waals surface area contributed by atoms with Crippen LogP contribution in [0, 0.1) is 0 Å². The van der Waals surface area contributed by atoms with Crippen LogP contribution in [0.15, 0.2) is 30.3 Å². The first-order chi connectivity index (χ1) is 15.4. The molecule has 0 aromatic heterocycles. The lowest BCUT2D eigenvalue weighted by molar-refractivity contribution is -0.272. The number of hydrogen-bond donors (Lipinski definition) is 5. The van der Waals surface area contributed by atoms with Crippen LogP contribution in [0.5, 0.6) is 0 Å². The molecule has 2 unspecified atom stereocenters. The second-order valence-electron chi connectivity index (χ2n) is 7.15. The first-order valence-electron chi connectivity index (χ1n) is 10.4. The minimum atomic E-state index is -1.36. The molecule has 11 heteroatoms. The van der Waals surface area contributed by atoms with E-state index in [1.54, 1.807) is 24.3 Å². The molecule has 1 heterocycles. The van der Waals surface area contributed by atoms with Crippen molar-refractivity contribution in [3.05, 3.63) is 35.9 Å². The first-order valence-corrected chi connectivity index (χ1v) is 10.4. The molecule has 2 rings (SSSR count). The fourth-order valence-electron chi connectivity index (χ4n) is 3.09. The van der Waals surface area contributed by atoms with Crippen LogP contribution in [0.4, 0.5) is 0 Å². The number of benzene rings is 1. The zero-order valence-electron chi connectivity index (χ0n) is 18.0. The maximum atomic E-state index is 11.9. The summed E-state index contributed by atoms with van der Waals surface area (Å²) in [6.07, 6.45) is -4.80. The van der Waals surface area contributed by atoms with E-state index >= 15 is 0 Å². The average Bonchev–Trinajstić information content (AvgIpc) is 2.79. The summed E-state index contributed by atoms with van der Waals surface area (Å²) in [6.45, 7) is 2.40. The van der Waals surface area contributed by atoms with Gasteiger partial charge in [0.05, 0.1) is 39.6 Å². The van der Waals surface area contributed by atoms with Crippen molar-refractivity contribution in [1.29, 1.82) is 0 Å². The maximum Gasteiger partial charge on any atom is 0.251 e. The molecule has 0 saturated carbocycles. The molecule has 1 aromatic rings. The highest BCUT2D eigenvalue weighted by Crippen LogP contribution is 2.22. The number of ether oxygens (including phenoxy) is 4. The van der Waals surface area contributed by atoms with Gasteiger partial charge in [0.2, 0.25) is 5.91 Å². The van der Waals surface area contributed by atoms with Gasteiger partial charge in [0.15, 0.2) is 6.29 Å². The van der Waals surface area contributed by atoms with Gasteiger partial charge in [-0.15, -0.1) is 0 Å². The van der Waals surface area contributed by atoms with Gasteiger partial charge in [0.1, 0.15) is 24.4 Å². The van der Waals surface area contributed by atoms with E-state index in [4.69, 9.17) is 18.9 Å². The summed E-state index contributed by atoms with van der Waals surface area (Å²) in [7, 11) is 0. The monoisotopic (exact) mass is 456 g/mol. The summed E-state index contributed by atoms with van der Waals surface area (Å²) in [4.78, 5) is 23.2. The second kappa shape index (κ2) is 14.1. The summed E-state index contributed by atoms with van der Waals surface area (Å²) in [5.74, 6) is -0.583. The van der Waals surface area contributed by atoms with Crippen LogP contribution in [0.25, 0.3) is 0 Å². The molecule has 1 aromatic carbocycles. The van der Waals surface area contributed by atoms with Gasteiger partial charge < -0.3 is 44.9 Å². The van der Waals surface area contributed by atoms with Crippen LogP contribution in [-0.4, -0.2) is 104 Å². The molecule has 5 atom stereocenters. The van der Waals surface area contributed by atoms with Crippen molar-refractivity contribution in [3.63, 3.8) is 0 Å². The maximum absolute atomic E-state index is 11.9. The number of amides is 2. The third-order valence-corrected chi connectivity index (χ3v) is 4.70. The Morgan fingerprint density at radius 1 is 1.00 bits per heavy atom. The van der Waals surface area contributed by atoms with Crippen molar-refractivity contribution in [2.24, 2.45) is 0 Å². The zero-order valence-corrected chi connectivity index (χ0v) is 18.0. The lowest BCUT2D eigenvalue weighted by Gasteiger charge is -2.42. The lowest BCUT2D eigenvalue weighted by Crippen LogP contribution is -2.64. The Balaban J connectivity index is 1.56. The Morgan fingerprint density at radius 3 is 2.31 bits per heavy atom. The quantitative estimate of drug-likeness (QED) is 0.221. The summed E-state index contributed by atoms with van der Waals surface area (Å²) in [5, 5.41) is 34.7. The van der Waals surface area contributed by atoms with E-state index in [1.807, 2.05) is 6.07 Å².